The van der Waals surface area contributed by atoms with Crippen LogP contribution in [-0.2, 0) is 4.74 Å². The molecule has 1 aromatic heterocycles. The zero-order valence-electron chi connectivity index (χ0n) is 14.0. The van der Waals surface area contributed by atoms with Crippen molar-refractivity contribution < 1.29 is 9.47 Å². The van der Waals surface area contributed by atoms with Gasteiger partial charge in [-0.25, -0.2) is 0 Å². The Balaban J connectivity index is 1.42. The molecule has 2 aromatic rings. The molecular weight excluding hydrogens is 304 g/mol. The third-order valence-electron chi connectivity index (χ3n) is 4.07. The Hall–Kier alpha value is -2.18. The number of benzene rings is 1. The fourth-order valence-electron chi connectivity index (χ4n) is 2.80. The summed E-state index contributed by atoms with van der Waals surface area (Å²) in [4.78, 5) is 4.48. The van der Waals surface area contributed by atoms with Gasteiger partial charge >= 0.3 is 0 Å². The van der Waals surface area contributed by atoms with Gasteiger partial charge in [0.25, 0.3) is 0 Å². The van der Waals surface area contributed by atoms with Crippen LogP contribution in [0.15, 0.2) is 48.7 Å². The Labute approximate surface area is 143 Å². The van der Waals surface area contributed by atoms with E-state index in [1.165, 1.54) is 0 Å². The van der Waals surface area contributed by atoms with Crippen molar-refractivity contribution in [3.05, 3.63) is 48.7 Å². The number of hydrogen-bond acceptors (Lipinski definition) is 6. The number of nitrogens with zero attached hydrogens (tertiary/aromatic N) is 4. The molecule has 0 spiro atoms. The molecule has 0 radical (unpaired) electrons. The number of rotatable bonds is 7. The molecule has 0 N–H and O–H groups in total. The third kappa shape index (κ3) is 4.91. The maximum atomic E-state index is 5.89. The second-order valence-corrected chi connectivity index (χ2v) is 5.92. The Bertz CT molecular complexity index is 596. The zero-order valence-corrected chi connectivity index (χ0v) is 14.0. The first-order valence-electron chi connectivity index (χ1n) is 8.32. The highest BCUT2D eigenvalue weighted by molar-refractivity contribution is 5.35. The first-order chi connectivity index (χ1) is 11.8. The van der Waals surface area contributed by atoms with Crippen LogP contribution in [-0.4, -0.2) is 67.6 Å². The SMILES string of the molecule is CN(C[C@@H]1CN(CCOc2ccccc2)CCO1)c1cccnn1. The second kappa shape index (κ2) is 8.61. The predicted molar refractivity (Wildman–Crippen MR) is 93.4 cm³/mol. The van der Waals surface area contributed by atoms with Gasteiger partial charge in [0, 0.05) is 39.4 Å². The van der Waals surface area contributed by atoms with Gasteiger partial charge in [-0.2, -0.15) is 5.10 Å². The van der Waals surface area contributed by atoms with E-state index in [1.807, 2.05) is 49.5 Å². The van der Waals surface area contributed by atoms with Gasteiger partial charge in [-0.15, -0.1) is 5.10 Å². The number of likely N-dealkylation sites (N-methyl/N-ethyl adjacent to an activating group) is 1. The molecule has 1 fully saturated rings. The topological polar surface area (TPSA) is 50.7 Å². The van der Waals surface area contributed by atoms with Gasteiger partial charge in [0.05, 0.1) is 12.7 Å². The molecule has 1 saturated heterocycles. The minimum atomic E-state index is 0.169. The standard InChI is InChI=1S/C18H24N4O2/c1-21(18-8-5-9-19-20-18)14-17-15-22(11-13-24-17)10-12-23-16-6-3-2-4-7-16/h2-9,17H,10-15H2,1H3/t17-/m1/s1. The lowest BCUT2D eigenvalue weighted by Crippen LogP contribution is -2.48. The van der Waals surface area contributed by atoms with Gasteiger partial charge in [0.2, 0.25) is 0 Å². The first-order valence-corrected chi connectivity index (χ1v) is 8.32. The Morgan fingerprint density at radius 1 is 1.25 bits per heavy atom. The monoisotopic (exact) mass is 328 g/mol. The van der Waals surface area contributed by atoms with Crippen LogP contribution in [0, 0.1) is 0 Å². The summed E-state index contributed by atoms with van der Waals surface area (Å²) < 4.78 is 11.7. The number of ether oxygens (including phenoxy) is 2. The van der Waals surface area contributed by atoms with Crippen LogP contribution in [0.5, 0.6) is 5.75 Å². The molecule has 1 aromatic carbocycles. The van der Waals surface area contributed by atoms with Crippen LogP contribution >= 0.6 is 0 Å². The van der Waals surface area contributed by atoms with Crippen molar-refractivity contribution in [3.8, 4) is 5.75 Å². The maximum absolute atomic E-state index is 5.89. The van der Waals surface area contributed by atoms with E-state index < -0.39 is 0 Å². The van der Waals surface area contributed by atoms with E-state index in [1.54, 1.807) is 6.20 Å². The molecule has 6 heteroatoms. The van der Waals surface area contributed by atoms with Crippen molar-refractivity contribution >= 4 is 5.82 Å². The van der Waals surface area contributed by atoms with E-state index >= 15 is 0 Å². The summed E-state index contributed by atoms with van der Waals surface area (Å²) in [6, 6.07) is 13.8. The van der Waals surface area contributed by atoms with Gasteiger partial charge in [0.1, 0.15) is 12.4 Å². The third-order valence-corrected chi connectivity index (χ3v) is 4.07. The summed E-state index contributed by atoms with van der Waals surface area (Å²) >= 11 is 0. The summed E-state index contributed by atoms with van der Waals surface area (Å²) in [6.07, 6.45) is 1.85. The molecule has 1 atom stereocenters. The average molecular weight is 328 g/mol. The van der Waals surface area contributed by atoms with E-state index in [9.17, 15) is 0 Å². The van der Waals surface area contributed by atoms with Crippen molar-refractivity contribution in [2.75, 3.05) is 51.3 Å². The summed E-state index contributed by atoms with van der Waals surface area (Å²) in [5.41, 5.74) is 0. The average Bonchev–Trinajstić information content (AvgIpc) is 2.64. The van der Waals surface area contributed by atoms with E-state index in [0.29, 0.717) is 6.61 Å². The molecule has 0 bridgehead atoms. The van der Waals surface area contributed by atoms with Crippen molar-refractivity contribution in [1.82, 2.24) is 15.1 Å². The lowest BCUT2D eigenvalue weighted by atomic mass is 10.2. The zero-order chi connectivity index (χ0) is 16.6. The minimum Gasteiger partial charge on any atom is -0.492 e. The summed E-state index contributed by atoms with van der Waals surface area (Å²) in [5.74, 6) is 1.79. The van der Waals surface area contributed by atoms with Crippen LogP contribution in [0.3, 0.4) is 0 Å². The Morgan fingerprint density at radius 2 is 2.12 bits per heavy atom. The second-order valence-electron chi connectivity index (χ2n) is 5.92. The van der Waals surface area contributed by atoms with Crippen LogP contribution < -0.4 is 9.64 Å². The quantitative estimate of drug-likeness (QED) is 0.771. The van der Waals surface area contributed by atoms with Gasteiger partial charge in [-0.05, 0) is 24.3 Å². The maximum Gasteiger partial charge on any atom is 0.151 e. The molecule has 0 unspecified atom stereocenters. The molecule has 6 nitrogen and oxygen atoms in total. The number of anilines is 1. The molecule has 0 aliphatic carbocycles. The Morgan fingerprint density at radius 3 is 2.92 bits per heavy atom. The summed E-state index contributed by atoms with van der Waals surface area (Å²) in [6.45, 7) is 5.01. The normalized spacial score (nSPS) is 18.3. The lowest BCUT2D eigenvalue weighted by molar-refractivity contribution is -0.0265. The van der Waals surface area contributed by atoms with Crippen molar-refractivity contribution in [3.63, 3.8) is 0 Å². The number of morpholine rings is 1. The number of para-hydroxylation sites is 1. The van der Waals surface area contributed by atoms with Gasteiger partial charge in [-0.1, -0.05) is 18.2 Å². The van der Waals surface area contributed by atoms with E-state index in [0.717, 1.165) is 44.4 Å². The van der Waals surface area contributed by atoms with Gasteiger partial charge in [-0.3, -0.25) is 4.90 Å². The summed E-state index contributed by atoms with van der Waals surface area (Å²) in [7, 11) is 2.02. The largest absolute Gasteiger partial charge is 0.492 e. The smallest absolute Gasteiger partial charge is 0.151 e. The fraction of sp³-hybridized carbons (Fsp3) is 0.444. The van der Waals surface area contributed by atoms with E-state index in [2.05, 4.69) is 20.0 Å². The molecule has 3 rings (SSSR count). The molecule has 1 aliphatic rings. The van der Waals surface area contributed by atoms with Crippen LogP contribution in [0.1, 0.15) is 0 Å². The van der Waals surface area contributed by atoms with E-state index in [-0.39, 0.29) is 6.10 Å². The van der Waals surface area contributed by atoms with Crippen LogP contribution in [0.2, 0.25) is 0 Å². The molecule has 0 saturated carbocycles. The molecule has 2 heterocycles. The molecule has 128 valence electrons. The highest BCUT2D eigenvalue weighted by Crippen LogP contribution is 2.12. The molecular formula is C18H24N4O2. The minimum absolute atomic E-state index is 0.169. The molecule has 1 aliphatic heterocycles. The van der Waals surface area contributed by atoms with Crippen LogP contribution in [0.4, 0.5) is 5.82 Å². The molecule has 24 heavy (non-hydrogen) atoms. The first kappa shape index (κ1) is 16.7. The van der Waals surface area contributed by atoms with Crippen molar-refractivity contribution in [2.24, 2.45) is 0 Å². The number of aromatic nitrogens is 2. The van der Waals surface area contributed by atoms with Gasteiger partial charge < -0.3 is 14.4 Å². The van der Waals surface area contributed by atoms with Crippen molar-refractivity contribution in [1.29, 1.82) is 0 Å². The highest BCUT2D eigenvalue weighted by atomic mass is 16.5. The lowest BCUT2D eigenvalue weighted by Gasteiger charge is -2.34. The molecule has 0 amide bonds. The highest BCUT2D eigenvalue weighted by Gasteiger charge is 2.22. The van der Waals surface area contributed by atoms with Crippen molar-refractivity contribution in [2.45, 2.75) is 6.10 Å². The summed E-state index contributed by atoms with van der Waals surface area (Å²) in [5, 5.41) is 8.06. The fourth-order valence-corrected chi connectivity index (χ4v) is 2.80. The van der Waals surface area contributed by atoms with Gasteiger partial charge in [0.15, 0.2) is 5.82 Å². The van der Waals surface area contributed by atoms with Crippen LogP contribution in [0.25, 0.3) is 0 Å². The van der Waals surface area contributed by atoms with E-state index in [4.69, 9.17) is 9.47 Å². The number of hydrogen-bond donors (Lipinski definition) is 0. The predicted octanol–water partition coefficient (Wildman–Crippen LogP) is 1.69. The Kier molecular flexibility index (Phi) is 5.98.